The minimum Gasteiger partial charge on any atom is -0.270 e. The van der Waals surface area contributed by atoms with Crippen molar-refractivity contribution < 1.29 is 0 Å². The lowest BCUT2D eigenvalue weighted by molar-refractivity contribution is 0.524. The van der Waals surface area contributed by atoms with Gasteiger partial charge in [-0.1, -0.05) is 23.0 Å². The predicted octanol–water partition coefficient (Wildman–Crippen LogP) is 1.35. The first kappa shape index (κ1) is 12.4. The number of nitrogens with two attached hydrogens (primary N) is 1. The van der Waals surface area contributed by atoms with Crippen molar-refractivity contribution in [3.05, 3.63) is 28.0 Å². The molecule has 2 heterocycles. The second kappa shape index (κ2) is 5.54. The molecule has 1 unspecified atom stereocenters. The van der Waals surface area contributed by atoms with Gasteiger partial charge in [0.25, 0.3) is 0 Å². The number of nitrogens with zero attached hydrogens (tertiary/aromatic N) is 4. The molecular formula is C9H13ClN6S. The Kier molecular flexibility index (Phi) is 4.06. The van der Waals surface area contributed by atoms with Crippen LogP contribution in [0.5, 0.6) is 0 Å². The van der Waals surface area contributed by atoms with E-state index in [1.807, 2.05) is 4.68 Å². The van der Waals surface area contributed by atoms with Gasteiger partial charge in [0, 0.05) is 6.54 Å². The first-order valence-corrected chi connectivity index (χ1v) is 6.37. The maximum Gasteiger partial charge on any atom is 0.102 e. The SMILES string of the molecule is CCCn1ncc(Cl)c1C(NN)c1cnns1. The van der Waals surface area contributed by atoms with Crippen LogP contribution in [0.3, 0.4) is 0 Å². The average Bonchev–Trinajstić information content (AvgIpc) is 2.94. The summed E-state index contributed by atoms with van der Waals surface area (Å²) in [6.07, 6.45) is 4.28. The number of hydrogen-bond acceptors (Lipinski definition) is 6. The van der Waals surface area contributed by atoms with Crippen molar-refractivity contribution in [2.45, 2.75) is 25.9 Å². The third kappa shape index (κ3) is 2.47. The van der Waals surface area contributed by atoms with Crippen molar-refractivity contribution >= 4 is 23.1 Å². The standard InChI is InChI=1S/C9H13ClN6S/c1-2-3-16-9(6(10)4-13-16)8(14-11)7-5-12-15-17-7/h4-5,8,14H,2-3,11H2,1H3. The maximum atomic E-state index is 6.16. The monoisotopic (exact) mass is 272 g/mol. The van der Waals surface area contributed by atoms with Crippen LogP contribution in [0, 0.1) is 0 Å². The van der Waals surface area contributed by atoms with E-state index in [9.17, 15) is 0 Å². The quantitative estimate of drug-likeness (QED) is 0.634. The minimum atomic E-state index is -0.225. The molecule has 0 amide bonds. The fraction of sp³-hybridized carbons (Fsp3) is 0.444. The molecule has 2 aromatic rings. The van der Waals surface area contributed by atoms with Crippen LogP contribution in [0.25, 0.3) is 0 Å². The molecule has 0 aromatic carbocycles. The highest BCUT2D eigenvalue weighted by Crippen LogP contribution is 2.28. The maximum absolute atomic E-state index is 6.16. The number of aryl methyl sites for hydroxylation is 1. The van der Waals surface area contributed by atoms with Crippen LogP contribution in [0.4, 0.5) is 0 Å². The topological polar surface area (TPSA) is 81.7 Å². The Balaban J connectivity index is 2.39. The first-order valence-electron chi connectivity index (χ1n) is 5.22. The molecule has 0 spiro atoms. The zero-order chi connectivity index (χ0) is 12.3. The molecule has 6 nitrogen and oxygen atoms in total. The number of aromatic nitrogens is 4. The molecule has 0 bridgehead atoms. The van der Waals surface area contributed by atoms with Crippen LogP contribution < -0.4 is 11.3 Å². The van der Waals surface area contributed by atoms with E-state index in [-0.39, 0.29) is 6.04 Å². The summed E-state index contributed by atoms with van der Waals surface area (Å²) >= 11 is 7.44. The van der Waals surface area contributed by atoms with Gasteiger partial charge in [-0.05, 0) is 18.0 Å². The summed E-state index contributed by atoms with van der Waals surface area (Å²) in [6, 6.07) is -0.225. The van der Waals surface area contributed by atoms with Gasteiger partial charge >= 0.3 is 0 Å². The predicted molar refractivity (Wildman–Crippen MR) is 66.6 cm³/mol. The smallest absolute Gasteiger partial charge is 0.102 e. The Morgan fingerprint density at radius 2 is 2.41 bits per heavy atom. The zero-order valence-corrected chi connectivity index (χ0v) is 10.9. The van der Waals surface area contributed by atoms with Gasteiger partial charge in [-0.2, -0.15) is 5.10 Å². The molecule has 0 aliphatic heterocycles. The van der Waals surface area contributed by atoms with Crippen LogP contribution in [-0.4, -0.2) is 19.4 Å². The molecule has 0 aliphatic rings. The van der Waals surface area contributed by atoms with Gasteiger partial charge in [0.05, 0.1) is 28.0 Å². The summed E-state index contributed by atoms with van der Waals surface area (Å²) in [5.74, 6) is 5.59. The molecule has 0 aliphatic carbocycles. The van der Waals surface area contributed by atoms with Crippen LogP contribution in [-0.2, 0) is 6.54 Å². The van der Waals surface area contributed by atoms with E-state index in [1.165, 1.54) is 11.5 Å². The van der Waals surface area contributed by atoms with Crippen LogP contribution in [0.2, 0.25) is 5.02 Å². The van der Waals surface area contributed by atoms with Crippen LogP contribution >= 0.6 is 23.1 Å². The third-order valence-electron chi connectivity index (χ3n) is 2.37. The molecule has 1 atom stereocenters. The Bertz CT molecular complexity index is 468. The van der Waals surface area contributed by atoms with Crippen molar-refractivity contribution in [3.8, 4) is 0 Å². The molecule has 0 fully saturated rings. The van der Waals surface area contributed by atoms with Gasteiger partial charge in [0.15, 0.2) is 0 Å². The van der Waals surface area contributed by atoms with Gasteiger partial charge in [0.1, 0.15) is 6.04 Å². The molecule has 92 valence electrons. The van der Waals surface area contributed by atoms with Crippen molar-refractivity contribution in [2.75, 3.05) is 0 Å². The lowest BCUT2D eigenvalue weighted by Crippen LogP contribution is -2.30. The van der Waals surface area contributed by atoms with E-state index < -0.39 is 0 Å². The summed E-state index contributed by atoms with van der Waals surface area (Å²) in [4.78, 5) is 0.909. The van der Waals surface area contributed by atoms with Crippen molar-refractivity contribution in [3.63, 3.8) is 0 Å². The molecule has 2 aromatic heterocycles. The van der Waals surface area contributed by atoms with Crippen molar-refractivity contribution in [1.82, 2.24) is 24.8 Å². The van der Waals surface area contributed by atoms with E-state index in [2.05, 4.69) is 27.0 Å². The molecule has 0 radical (unpaired) electrons. The Morgan fingerprint density at radius 3 is 3.00 bits per heavy atom. The van der Waals surface area contributed by atoms with E-state index in [4.69, 9.17) is 17.4 Å². The Morgan fingerprint density at radius 1 is 1.59 bits per heavy atom. The van der Waals surface area contributed by atoms with Crippen LogP contribution in [0.15, 0.2) is 12.4 Å². The summed E-state index contributed by atoms with van der Waals surface area (Å²) in [5, 5.41) is 8.64. The van der Waals surface area contributed by atoms with E-state index in [0.717, 1.165) is 23.5 Å². The summed E-state index contributed by atoms with van der Waals surface area (Å²) in [5.41, 5.74) is 3.58. The Hall–Kier alpha value is -1.02. The molecule has 3 N–H and O–H groups in total. The number of hydrazine groups is 1. The second-order valence-electron chi connectivity index (χ2n) is 3.52. The van der Waals surface area contributed by atoms with Crippen LogP contribution in [0.1, 0.15) is 30.0 Å². The molecule has 0 saturated heterocycles. The highest BCUT2D eigenvalue weighted by molar-refractivity contribution is 7.05. The lowest BCUT2D eigenvalue weighted by atomic mass is 10.2. The largest absolute Gasteiger partial charge is 0.270 e. The minimum absolute atomic E-state index is 0.225. The third-order valence-corrected chi connectivity index (χ3v) is 3.39. The lowest BCUT2D eigenvalue weighted by Gasteiger charge is -2.15. The highest BCUT2D eigenvalue weighted by atomic mass is 35.5. The highest BCUT2D eigenvalue weighted by Gasteiger charge is 2.22. The second-order valence-corrected chi connectivity index (χ2v) is 4.74. The van der Waals surface area contributed by atoms with Crippen molar-refractivity contribution in [1.29, 1.82) is 0 Å². The van der Waals surface area contributed by atoms with Gasteiger partial charge in [-0.25, -0.2) is 5.43 Å². The van der Waals surface area contributed by atoms with Crippen molar-refractivity contribution in [2.24, 2.45) is 5.84 Å². The van der Waals surface area contributed by atoms with E-state index in [0.29, 0.717) is 5.02 Å². The molecule has 0 saturated carbocycles. The molecule has 8 heteroatoms. The number of halogens is 1. The van der Waals surface area contributed by atoms with E-state index >= 15 is 0 Å². The molecule has 2 rings (SSSR count). The Labute approximate surface area is 108 Å². The average molecular weight is 273 g/mol. The number of hydrogen-bond donors (Lipinski definition) is 2. The van der Waals surface area contributed by atoms with Gasteiger partial charge < -0.3 is 0 Å². The fourth-order valence-electron chi connectivity index (χ4n) is 1.65. The summed E-state index contributed by atoms with van der Waals surface area (Å²) in [7, 11) is 0. The van der Waals surface area contributed by atoms with Gasteiger partial charge in [0.2, 0.25) is 0 Å². The fourth-order valence-corrected chi connectivity index (χ4v) is 2.46. The van der Waals surface area contributed by atoms with E-state index in [1.54, 1.807) is 12.4 Å². The molecule has 17 heavy (non-hydrogen) atoms. The number of nitrogens with one attached hydrogen (secondary N) is 1. The number of rotatable bonds is 5. The van der Waals surface area contributed by atoms with Gasteiger partial charge in [-0.15, -0.1) is 5.10 Å². The van der Waals surface area contributed by atoms with Gasteiger partial charge in [-0.3, -0.25) is 10.5 Å². The zero-order valence-electron chi connectivity index (χ0n) is 9.30. The summed E-state index contributed by atoms with van der Waals surface area (Å²) in [6.45, 7) is 2.88. The first-order chi connectivity index (χ1) is 8.27. The normalized spacial score (nSPS) is 12.9. The summed E-state index contributed by atoms with van der Waals surface area (Å²) < 4.78 is 5.68. The molecular weight excluding hydrogens is 260 g/mol.